The number of carbonyl (C=O) groups excluding carboxylic acids is 2. The molecule has 2 aromatic carbocycles. The van der Waals surface area contributed by atoms with E-state index in [2.05, 4.69) is 10.4 Å². The molecule has 150 valence electrons. The average Bonchev–Trinajstić information content (AvgIpc) is 3.37. The number of nitrogens with zero attached hydrogens (tertiary/aromatic N) is 3. The van der Waals surface area contributed by atoms with Crippen LogP contribution < -0.4 is 10.1 Å². The van der Waals surface area contributed by atoms with Crippen molar-refractivity contribution in [2.45, 2.75) is 19.4 Å². The highest BCUT2D eigenvalue weighted by atomic mass is 35.5. The Morgan fingerprint density at radius 3 is 2.69 bits per heavy atom. The lowest BCUT2D eigenvalue weighted by atomic mass is 10.2. The molecule has 0 spiro atoms. The molecule has 1 aliphatic heterocycles. The molecule has 4 rings (SSSR count). The van der Waals surface area contributed by atoms with Crippen LogP contribution in [-0.2, 0) is 11.3 Å². The molecule has 0 atom stereocenters. The summed E-state index contributed by atoms with van der Waals surface area (Å²) in [5.41, 5.74) is 1.61. The van der Waals surface area contributed by atoms with Crippen LogP contribution in [0.15, 0.2) is 42.5 Å². The van der Waals surface area contributed by atoms with Crippen LogP contribution in [0.3, 0.4) is 0 Å². The fourth-order valence-electron chi connectivity index (χ4n) is 3.58. The molecular weight excluding hydrogens is 392 g/mol. The third-order valence-corrected chi connectivity index (χ3v) is 5.22. The van der Waals surface area contributed by atoms with Gasteiger partial charge in [0.15, 0.2) is 5.69 Å². The van der Waals surface area contributed by atoms with Crippen molar-refractivity contribution < 1.29 is 14.3 Å². The SMILES string of the molecule is COc1ccc(Cl)cc1NC(=O)Cn1nc(C(=O)N2CCCC2)c2ccccc21. The van der Waals surface area contributed by atoms with Crippen molar-refractivity contribution in [2.75, 3.05) is 25.5 Å². The summed E-state index contributed by atoms with van der Waals surface area (Å²) in [6.07, 6.45) is 2.02. The van der Waals surface area contributed by atoms with Crippen molar-refractivity contribution in [2.24, 2.45) is 0 Å². The van der Waals surface area contributed by atoms with E-state index in [1.807, 2.05) is 29.2 Å². The minimum Gasteiger partial charge on any atom is -0.495 e. The summed E-state index contributed by atoms with van der Waals surface area (Å²) in [4.78, 5) is 27.4. The molecule has 1 aromatic heterocycles. The van der Waals surface area contributed by atoms with Gasteiger partial charge in [0.25, 0.3) is 5.91 Å². The Morgan fingerprint density at radius 2 is 1.93 bits per heavy atom. The molecule has 1 aliphatic rings. The molecule has 0 bridgehead atoms. The van der Waals surface area contributed by atoms with E-state index in [9.17, 15) is 9.59 Å². The molecule has 2 amide bonds. The zero-order valence-corrected chi connectivity index (χ0v) is 16.8. The number of aromatic nitrogens is 2. The standard InChI is InChI=1S/C21H21ClN4O3/c1-29-18-9-8-14(22)12-16(18)23-19(27)13-26-17-7-3-2-6-15(17)20(24-26)21(28)25-10-4-5-11-25/h2-3,6-9,12H,4-5,10-11,13H2,1H3,(H,23,27). The topological polar surface area (TPSA) is 76.5 Å². The van der Waals surface area contributed by atoms with Gasteiger partial charge in [0.2, 0.25) is 5.91 Å². The molecule has 0 radical (unpaired) electrons. The maximum absolute atomic E-state index is 12.9. The van der Waals surface area contributed by atoms with Gasteiger partial charge in [-0.3, -0.25) is 14.3 Å². The number of benzene rings is 2. The van der Waals surface area contributed by atoms with Crippen LogP contribution >= 0.6 is 11.6 Å². The van der Waals surface area contributed by atoms with Gasteiger partial charge in [0.05, 0.1) is 18.3 Å². The first-order valence-electron chi connectivity index (χ1n) is 9.45. The smallest absolute Gasteiger partial charge is 0.275 e. The van der Waals surface area contributed by atoms with E-state index in [1.165, 1.54) is 7.11 Å². The van der Waals surface area contributed by atoms with Crippen molar-refractivity contribution in [3.63, 3.8) is 0 Å². The summed E-state index contributed by atoms with van der Waals surface area (Å²) in [5, 5.41) is 8.53. The Balaban J connectivity index is 1.60. The number of hydrogen-bond acceptors (Lipinski definition) is 4. The van der Waals surface area contributed by atoms with Gasteiger partial charge in [-0.05, 0) is 37.1 Å². The Labute approximate surface area is 173 Å². The number of hydrogen-bond donors (Lipinski definition) is 1. The summed E-state index contributed by atoms with van der Waals surface area (Å²) < 4.78 is 6.83. The number of rotatable bonds is 5. The first-order chi connectivity index (χ1) is 14.1. The largest absolute Gasteiger partial charge is 0.495 e. The van der Waals surface area contributed by atoms with Gasteiger partial charge in [-0.25, -0.2) is 0 Å². The fourth-order valence-corrected chi connectivity index (χ4v) is 3.75. The van der Waals surface area contributed by atoms with Gasteiger partial charge >= 0.3 is 0 Å². The summed E-state index contributed by atoms with van der Waals surface area (Å²) in [6.45, 7) is 1.45. The molecular formula is C21H21ClN4O3. The lowest BCUT2D eigenvalue weighted by molar-refractivity contribution is -0.116. The highest BCUT2D eigenvalue weighted by Gasteiger charge is 2.25. The lowest BCUT2D eigenvalue weighted by Crippen LogP contribution is -2.28. The van der Waals surface area contributed by atoms with Crippen LogP contribution in [0.1, 0.15) is 23.3 Å². The number of para-hydroxylation sites is 1. The first kappa shape index (κ1) is 19.3. The third-order valence-electron chi connectivity index (χ3n) is 4.98. The number of halogens is 1. The monoisotopic (exact) mass is 412 g/mol. The van der Waals surface area contributed by atoms with Gasteiger partial charge in [0, 0.05) is 23.5 Å². The second-order valence-electron chi connectivity index (χ2n) is 6.92. The second kappa shape index (κ2) is 8.13. The summed E-state index contributed by atoms with van der Waals surface area (Å²) in [6, 6.07) is 12.5. The highest BCUT2D eigenvalue weighted by Crippen LogP contribution is 2.28. The summed E-state index contributed by atoms with van der Waals surface area (Å²) in [5.74, 6) is 0.131. The van der Waals surface area contributed by atoms with Crippen LogP contribution in [0.25, 0.3) is 10.9 Å². The molecule has 2 heterocycles. The van der Waals surface area contributed by atoms with Crippen LogP contribution in [-0.4, -0.2) is 46.7 Å². The van der Waals surface area contributed by atoms with E-state index in [-0.39, 0.29) is 18.4 Å². The minimum atomic E-state index is -0.293. The number of amides is 2. The van der Waals surface area contributed by atoms with Gasteiger partial charge in [-0.2, -0.15) is 5.10 Å². The zero-order valence-electron chi connectivity index (χ0n) is 16.0. The second-order valence-corrected chi connectivity index (χ2v) is 7.35. The minimum absolute atomic E-state index is 0.0382. The molecule has 0 aliphatic carbocycles. The van der Waals surface area contributed by atoms with Gasteiger partial charge in [-0.15, -0.1) is 0 Å². The van der Waals surface area contributed by atoms with Crippen LogP contribution in [0.2, 0.25) is 5.02 Å². The quantitative estimate of drug-likeness (QED) is 0.695. The molecule has 8 heteroatoms. The highest BCUT2D eigenvalue weighted by molar-refractivity contribution is 6.31. The fraction of sp³-hybridized carbons (Fsp3) is 0.286. The van der Waals surface area contributed by atoms with E-state index in [4.69, 9.17) is 16.3 Å². The normalized spacial score (nSPS) is 13.7. The lowest BCUT2D eigenvalue weighted by Gasteiger charge is -2.13. The summed E-state index contributed by atoms with van der Waals surface area (Å²) in [7, 11) is 1.52. The summed E-state index contributed by atoms with van der Waals surface area (Å²) >= 11 is 6.03. The van der Waals surface area contributed by atoms with E-state index < -0.39 is 0 Å². The predicted molar refractivity (Wildman–Crippen MR) is 112 cm³/mol. The number of fused-ring (bicyclic) bond motifs is 1. The zero-order chi connectivity index (χ0) is 20.4. The Kier molecular flexibility index (Phi) is 5.40. The van der Waals surface area contributed by atoms with Crippen molar-refractivity contribution in [3.05, 3.63) is 53.2 Å². The number of anilines is 1. The molecule has 1 saturated heterocycles. The van der Waals surface area contributed by atoms with Crippen molar-refractivity contribution >= 4 is 40.0 Å². The molecule has 7 nitrogen and oxygen atoms in total. The van der Waals surface area contributed by atoms with E-state index in [0.717, 1.165) is 36.8 Å². The number of ether oxygens (including phenoxy) is 1. The van der Waals surface area contributed by atoms with Crippen LogP contribution in [0.4, 0.5) is 5.69 Å². The maximum Gasteiger partial charge on any atom is 0.275 e. The van der Waals surface area contributed by atoms with Crippen molar-refractivity contribution in [1.29, 1.82) is 0 Å². The van der Waals surface area contributed by atoms with Crippen molar-refractivity contribution in [3.8, 4) is 5.75 Å². The van der Waals surface area contributed by atoms with E-state index in [1.54, 1.807) is 22.9 Å². The van der Waals surface area contributed by atoms with E-state index >= 15 is 0 Å². The third kappa shape index (κ3) is 3.91. The van der Waals surface area contributed by atoms with E-state index in [0.29, 0.717) is 22.2 Å². The number of nitrogens with one attached hydrogen (secondary N) is 1. The Hall–Kier alpha value is -3.06. The van der Waals surface area contributed by atoms with Gasteiger partial charge in [-0.1, -0.05) is 29.8 Å². The molecule has 29 heavy (non-hydrogen) atoms. The van der Waals surface area contributed by atoms with Crippen molar-refractivity contribution in [1.82, 2.24) is 14.7 Å². The molecule has 0 unspecified atom stereocenters. The maximum atomic E-state index is 12.9. The first-order valence-corrected chi connectivity index (χ1v) is 9.83. The number of likely N-dealkylation sites (tertiary alicyclic amines) is 1. The van der Waals surface area contributed by atoms with Crippen LogP contribution in [0, 0.1) is 0 Å². The molecule has 3 aromatic rings. The van der Waals surface area contributed by atoms with Gasteiger partial charge in [0.1, 0.15) is 12.3 Å². The number of methoxy groups -OCH3 is 1. The Bertz CT molecular complexity index is 1070. The predicted octanol–water partition coefficient (Wildman–Crippen LogP) is 3.57. The average molecular weight is 413 g/mol. The Morgan fingerprint density at radius 1 is 1.17 bits per heavy atom. The molecule has 0 saturated carbocycles. The van der Waals surface area contributed by atoms with Gasteiger partial charge < -0.3 is 15.0 Å². The van der Waals surface area contributed by atoms with Crippen LogP contribution in [0.5, 0.6) is 5.75 Å². The molecule has 1 N–H and O–H groups in total. The molecule has 1 fully saturated rings. The number of carbonyl (C=O) groups is 2.